The maximum atomic E-state index is 6.22. The normalized spacial score (nSPS) is 34.3. The van der Waals surface area contributed by atoms with Crippen LogP contribution in [0, 0.1) is 0 Å². The van der Waals surface area contributed by atoms with Gasteiger partial charge in [0.15, 0.2) is 23.7 Å². The molecule has 1 aromatic rings. The Balaban J connectivity index is 1.64. The summed E-state index contributed by atoms with van der Waals surface area (Å²) in [6.07, 6.45) is 0.780. The van der Waals surface area contributed by atoms with E-state index in [2.05, 4.69) is 20.6 Å². The maximum Gasteiger partial charge on any atom is 0.164 e. The number of anilines is 3. The van der Waals surface area contributed by atoms with Crippen molar-refractivity contribution in [3.05, 3.63) is 6.33 Å². The van der Waals surface area contributed by atoms with E-state index in [-0.39, 0.29) is 24.5 Å². The molecule has 0 aliphatic carbocycles. The van der Waals surface area contributed by atoms with Crippen LogP contribution in [0.25, 0.3) is 0 Å². The summed E-state index contributed by atoms with van der Waals surface area (Å²) in [6, 6.07) is 0. The van der Waals surface area contributed by atoms with Gasteiger partial charge < -0.3 is 35.5 Å². The van der Waals surface area contributed by atoms with Crippen molar-refractivity contribution in [3.8, 4) is 0 Å². The van der Waals surface area contributed by atoms with Crippen molar-refractivity contribution in [2.45, 2.75) is 44.2 Å². The molecule has 23 heavy (non-hydrogen) atoms. The van der Waals surface area contributed by atoms with Crippen molar-refractivity contribution in [3.63, 3.8) is 0 Å². The Morgan fingerprint density at radius 3 is 2.96 bits per heavy atom. The molecule has 0 aromatic carbocycles. The quantitative estimate of drug-likeness (QED) is 0.692. The highest BCUT2D eigenvalue weighted by Crippen LogP contribution is 2.43. The van der Waals surface area contributed by atoms with E-state index >= 15 is 0 Å². The Morgan fingerprint density at radius 2 is 2.17 bits per heavy atom. The van der Waals surface area contributed by atoms with Gasteiger partial charge in [0, 0.05) is 6.54 Å². The number of hydrogen-bond donors (Lipinski definition) is 3. The van der Waals surface area contributed by atoms with Gasteiger partial charge in [-0.2, -0.15) is 0 Å². The Bertz CT molecular complexity index is 612. The van der Waals surface area contributed by atoms with E-state index in [1.165, 1.54) is 6.33 Å². The molecule has 4 N–H and O–H groups in total. The van der Waals surface area contributed by atoms with Gasteiger partial charge in [0.05, 0.1) is 6.67 Å². The lowest BCUT2D eigenvalue weighted by molar-refractivity contribution is -0.186. The van der Waals surface area contributed by atoms with Crippen LogP contribution in [0.1, 0.15) is 13.8 Å². The predicted octanol–water partition coefficient (Wildman–Crippen LogP) is -0.287. The van der Waals surface area contributed by atoms with Gasteiger partial charge in [-0.05, 0) is 20.9 Å². The van der Waals surface area contributed by atoms with Gasteiger partial charge in [-0.3, -0.25) is 0 Å². The van der Waals surface area contributed by atoms with E-state index in [1.807, 2.05) is 25.8 Å². The van der Waals surface area contributed by atoms with Crippen molar-refractivity contribution in [1.29, 1.82) is 0 Å². The molecule has 0 spiro atoms. The number of nitrogen functional groups attached to an aromatic ring is 1. The number of aromatic nitrogens is 2. The fourth-order valence-corrected chi connectivity index (χ4v) is 3.50. The number of nitrogens with two attached hydrogens (primary N) is 1. The Hall–Kier alpha value is -1.68. The summed E-state index contributed by atoms with van der Waals surface area (Å²) in [4.78, 5) is 10.4. The van der Waals surface area contributed by atoms with Gasteiger partial charge in [-0.1, -0.05) is 0 Å². The third kappa shape index (κ3) is 2.31. The lowest BCUT2D eigenvalue weighted by atomic mass is 10.1. The molecule has 9 nitrogen and oxygen atoms in total. The standard InChI is InChI=1S/C14H22N6O3/c1-14(2)22-9-7(4-16-3)21-13(10(9)23-14)20-6-19-8-11(15)17-5-18-12(8)20/h5,7,9-10,13,16,19H,4,6H2,1-3H3,(H2,15,17,18). The van der Waals surface area contributed by atoms with Crippen molar-refractivity contribution in [2.75, 3.05) is 36.2 Å². The number of rotatable bonds is 3. The molecule has 4 atom stereocenters. The van der Waals surface area contributed by atoms with Gasteiger partial charge in [0.25, 0.3) is 0 Å². The molecule has 3 aliphatic heterocycles. The molecule has 2 saturated heterocycles. The van der Waals surface area contributed by atoms with E-state index in [4.69, 9.17) is 19.9 Å². The molecule has 0 saturated carbocycles. The summed E-state index contributed by atoms with van der Waals surface area (Å²) < 4.78 is 18.4. The zero-order chi connectivity index (χ0) is 16.2. The first-order chi connectivity index (χ1) is 11.0. The molecular formula is C14H22N6O3. The van der Waals surface area contributed by atoms with Gasteiger partial charge in [0.2, 0.25) is 0 Å². The van der Waals surface area contributed by atoms with E-state index in [9.17, 15) is 0 Å². The monoisotopic (exact) mass is 322 g/mol. The molecule has 2 fully saturated rings. The van der Waals surface area contributed by atoms with Crippen molar-refractivity contribution < 1.29 is 14.2 Å². The van der Waals surface area contributed by atoms with E-state index in [0.717, 1.165) is 11.5 Å². The lowest BCUT2D eigenvalue weighted by Crippen LogP contribution is -2.44. The first-order valence-electron chi connectivity index (χ1n) is 7.77. The van der Waals surface area contributed by atoms with Gasteiger partial charge in [-0.25, -0.2) is 9.97 Å². The highest BCUT2D eigenvalue weighted by atomic mass is 16.8. The van der Waals surface area contributed by atoms with Crippen molar-refractivity contribution >= 4 is 17.3 Å². The van der Waals surface area contributed by atoms with Gasteiger partial charge in [0.1, 0.15) is 30.3 Å². The fourth-order valence-electron chi connectivity index (χ4n) is 3.50. The SMILES string of the molecule is CNCC1OC(N2CNc3c(N)ncnc32)C2OC(C)(C)OC12. The van der Waals surface area contributed by atoms with E-state index < -0.39 is 5.79 Å². The zero-order valence-electron chi connectivity index (χ0n) is 13.4. The zero-order valence-corrected chi connectivity index (χ0v) is 13.4. The fraction of sp³-hybridized carbons (Fsp3) is 0.714. The van der Waals surface area contributed by atoms with E-state index in [0.29, 0.717) is 19.0 Å². The number of nitrogens with zero attached hydrogens (tertiary/aromatic N) is 3. The van der Waals surface area contributed by atoms with Crippen LogP contribution in [0.3, 0.4) is 0 Å². The second-order valence-electron chi connectivity index (χ2n) is 6.45. The second-order valence-corrected chi connectivity index (χ2v) is 6.45. The Kier molecular flexibility index (Phi) is 3.34. The minimum absolute atomic E-state index is 0.0833. The molecule has 9 heteroatoms. The summed E-state index contributed by atoms with van der Waals surface area (Å²) in [7, 11) is 1.90. The minimum Gasteiger partial charge on any atom is -0.382 e. The lowest BCUT2D eigenvalue weighted by Gasteiger charge is -2.29. The van der Waals surface area contributed by atoms with Crippen LogP contribution in [0.2, 0.25) is 0 Å². The minimum atomic E-state index is -0.621. The molecule has 0 radical (unpaired) electrons. The highest BCUT2D eigenvalue weighted by Gasteiger charge is 2.57. The number of likely N-dealkylation sites (N-methyl/N-ethyl adjacent to an activating group) is 1. The smallest absolute Gasteiger partial charge is 0.164 e. The van der Waals surface area contributed by atoms with Crippen molar-refractivity contribution in [1.82, 2.24) is 15.3 Å². The third-order valence-corrected chi connectivity index (χ3v) is 4.39. The number of nitrogens with one attached hydrogen (secondary N) is 2. The third-order valence-electron chi connectivity index (χ3n) is 4.39. The van der Waals surface area contributed by atoms with Crippen LogP contribution < -0.4 is 21.3 Å². The highest BCUT2D eigenvalue weighted by molar-refractivity contribution is 5.80. The largest absolute Gasteiger partial charge is 0.382 e. The molecule has 0 amide bonds. The van der Waals surface area contributed by atoms with Crippen LogP contribution in [-0.4, -0.2) is 60.6 Å². The first kappa shape index (κ1) is 14.9. The summed E-state index contributed by atoms with van der Waals surface area (Å²) in [5, 5.41) is 6.38. The number of hydrogen-bond acceptors (Lipinski definition) is 9. The molecule has 0 bridgehead atoms. The van der Waals surface area contributed by atoms with Crippen LogP contribution >= 0.6 is 0 Å². The van der Waals surface area contributed by atoms with Gasteiger partial charge >= 0.3 is 0 Å². The molecular weight excluding hydrogens is 300 g/mol. The summed E-state index contributed by atoms with van der Waals surface area (Å²) in [6.45, 7) is 5.09. The topological polar surface area (TPSA) is 107 Å². The predicted molar refractivity (Wildman–Crippen MR) is 83.8 cm³/mol. The van der Waals surface area contributed by atoms with Crippen LogP contribution in [0.5, 0.6) is 0 Å². The first-order valence-corrected chi connectivity index (χ1v) is 7.77. The van der Waals surface area contributed by atoms with Crippen LogP contribution in [0.4, 0.5) is 17.3 Å². The summed E-state index contributed by atoms with van der Waals surface area (Å²) >= 11 is 0. The van der Waals surface area contributed by atoms with Crippen molar-refractivity contribution in [2.24, 2.45) is 0 Å². The van der Waals surface area contributed by atoms with E-state index in [1.54, 1.807) is 0 Å². The second kappa shape index (κ2) is 5.17. The van der Waals surface area contributed by atoms with Crippen LogP contribution in [0.15, 0.2) is 6.33 Å². The average Bonchev–Trinajstić information content (AvgIpc) is 3.13. The molecule has 1 aromatic heterocycles. The van der Waals surface area contributed by atoms with Crippen LogP contribution in [-0.2, 0) is 14.2 Å². The average molecular weight is 322 g/mol. The molecule has 3 aliphatic rings. The van der Waals surface area contributed by atoms with Gasteiger partial charge in [-0.15, -0.1) is 0 Å². The number of ether oxygens (including phenoxy) is 3. The molecule has 126 valence electrons. The Labute approximate surface area is 134 Å². The molecule has 4 heterocycles. The summed E-state index contributed by atoms with van der Waals surface area (Å²) in [5.41, 5.74) is 6.65. The number of fused-ring (bicyclic) bond motifs is 2. The summed E-state index contributed by atoms with van der Waals surface area (Å²) in [5.74, 6) is 0.548. The molecule has 4 unspecified atom stereocenters. The maximum absolute atomic E-state index is 6.22. The molecule has 4 rings (SSSR count). The Morgan fingerprint density at radius 1 is 1.39 bits per heavy atom.